The number of sulfone groups is 1. The van der Waals surface area contributed by atoms with Gasteiger partial charge in [-0.1, -0.05) is 17.9 Å². The second-order valence-corrected chi connectivity index (χ2v) is 7.01. The van der Waals surface area contributed by atoms with Gasteiger partial charge in [-0.25, -0.2) is 12.8 Å². The van der Waals surface area contributed by atoms with E-state index in [-0.39, 0.29) is 23.7 Å². The maximum atomic E-state index is 13.5. The van der Waals surface area contributed by atoms with Crippen molar-refractivity contribution in [2.24, 2.45) is 0 Å². The molecule has 0 unspecified atom stereocenters. The van der Waals surface area contributed by atoms with E-state index in [2.05, 4.69) is 11.8 Å². The summed E-state index contributed by atoms with van der Waals surface area (Å²) >= 11 is 0. The minimum Gasteiger partial charge on any atom is -0.384 e. The first-order valence-corrected chi connectivity index (χ1v) is 8.13. The first kappa shape index (κ1) is 15.0. The Bertz CT molecular complexity index is 632. The van der Waals surface area contributed by atoms with E-state index in [9.17, 15) is 12.8 Å². The van der Waals surface area contributed by atoms with E-state index in [4.69, 9.17) is 5.11 Å². The van der Waals surface area contributed by atoms with Crippen molar-refractivity contribution >= 4 is 9.84 Å². The van der Waals surface area contributed by atoms with E-state index >= 15 is 0 Å². The Morgan fingerprint density at radius 3 is 2.65 bits per heavy atom. The highest BCUT2D eigenvalue weighted by molar-refractivity contribution is 7.91. The molecule has 0 spiro atoms. The maximum absolute atomic E-state index is 13.5. The van der Waals surface area contributed by atoms with E-state index in [0.29, 0.717) is 19.6 Å². The Balaban J connectivity index is 2.07. The molecule has 0 bridgehead atoms. The zero-order chi connectivity index (χ0) is 14.6. The number of halogens is 1. The lowest BCUT2D eigenvalue weighted by molar-refractivity contribution is 0.287. The largest absolute Gasteiger partial charge is 0.384 e. The molecular weight excluding hydrogens is 281 g/mol. The molecule has 1 N–H and O–H groups in total. The van der Waals surface area contributed by atoms with Crippen molar-refractivity contribution < 1.29 is 17.9 Å². The monoisotopic (exact) mass is 297 g/mol. The van der Waals surface area contributed by atoms with Crippen molar-refractivity contribution in [1.82, 2.24) is 4.90 Å². The zero-order valence-electron chi connectivity index (χ0n) is 11.0. The summed E-state index contributed by atoms with van der Waals surface area (Å²) in [6.45, 7) is 1.26. The molecule has 1 aliphatic heterocycles. The Morgan fingerprint density at radius 1 is 1.30 bits per heavy atom. The van der Waals surface area contributed by atoms with Gasteiger partial charge >= 0.3 is 0 Å². The van der Waals surface area contributed by atoms with Gasteiger partial charge in [-0.3, -0.25) is 4.90 Å². The van der Waals surface area contributed by atoms with Gasteiger partial charge in [0.2, 0.25) is 0 Å². The standard InChI is InChI=1S/C14H16FNO3S/c15-14-4-3-12(10-13(14)2-1-7-17)11-16-5-8-20(18,19)9-6-16/h3-4,10,17H,5-9,11H2. The number of aliphatic hydroxyl groups excluding tert-OH is 1. The van der Waals surface area contributed by atoms with Gasteiger partial charge in [-0.2, -0.15) is 0 Å². The normalized spacial score (nSPS) is 18.3. The summed E-state index contributed by atoms with van der Waals surface area (Å²) in [6.07, 6.45) is 0. The number of hydrogen-bond acceptors (Lipinski definition) is 4. The Morgan fingerprint density at radius 2 is 2.00 bits per heavy atom. The molecule has 1 fully saturated rings. The van der Waals surface area contributed by atoms with Crippen molar-refractivity contribution in [3.05, 3.63) is 35.1 Å². The lowest BCUT2D eigenvalue weighted by Gasteiger charge is -2.26. The third kappa shape index (κ3) is 4.04. The highest BCUT2D eigenvalue weighted by Crippen LogP contribution is 2.13. The van der Waals surface area contributed by atoms with Crippen LogP contribution in [0.5, 0.6) is 0 Å². The molecule has 108 valence electrons. The van der Waals surface area contributed by atoms with Crippen molar-refractivity contribution in [2.45, 2.75) is 6.54 Å². The first-order chi connectivity index (χ1) is 9.50. The molecule has 1 aromatic carbocycles. The van der Waals surface area contributed by atoms with Gasteiger partial charge in [-0.15, -0.1) is 0 Å². The van der Waals surface area contributed by atoms with Gasteiger partial charge in [-0.05, 0) is 17.7 Å². The molecule has 1 aliphatic rings. The minimum absolute atomic E-state index is 0.172. The molecule has 0 aliphatic carbocycles. The fraction of sp³-hybridized carbons (Fsp3) is 0.429. The van der Waals surface area contributed by atoms with Gasteiger partial charge in [0.25, 0.3) is 0 Å². The summed E-state index contributed by atoms with van der Waals surface area (Å²) in [5, 5.41) is 8.64. The average molecular weight is 297 g/mol. The number of nitrogens with zero attached hydrogens (tertiary/aromatic N) is 1. The van der Waals surface area contributed by atoms with Crippen LogP contribution in [0.1, 0.15) is 11.1 Å². The number of rotatable bonds is 2. The predicted molar refractivity (Wildman–Crippen MR) is 74.3 cm³/mol. The average Bonchev–Trinajstić information content (AvgIpc) is 2.42. The first-order valence-electron chi connectivity index (χ1n) is 6.31. The second kappa shape index (κ2) is 6.35. The molecule has 1 aromatic rings. The molecule has 20 heavy (non-hydrogen) atoms. The van der Waals surface area contributed by atoms with Crippen molar-refractivity contribution in [3.8, 4) is 11.8 Å². The molecule has 0 atom stereocenters. The third-order valence-corrected chi connectivity index (χ3v) is 4.79. The van der Waals surface area contributed by atoms with E-state index in [0.717, 1.165) is 5.56 Å². The van der Waals surface area contributed by atoms with Crippen LogP contribution in [-0.4, -0.2) is 49.6 Å². The highest BCUT2D eigenvalue weighted by atomic mass is 32.2. The number of benzene rings is 1. The number of hydrogen-bond donors (Lipinski definition) is 1. The predicted octanol–water partition coefficient (Wildman–Crippen LogP) is 0.400. The minimum atomic E-state index is -2.89. The van der Waals surface area contributed by atoms with Crippen LogP contribution < -0.4 is 0 Å². The lowest BCUT2D eigenvalue weighted by atomic mass is 10.1. The smallest absolute Gasteiger partial charge is 0.152 e. The van der Waals surface area contributed by atoms with Crippen LogP contribution in [0, 0.1) is 17.7 Å². The molecule has 4 nitrogen and oxygen atoms in total. The van der Waals surface area contributed by atoms with Crippen LogP contribution in [0.3, 0.4) is 0 Å². The Hall–Kier alpha value is -1.42. The summed E-state index contributed by atoms with van der Waals surface area (Å²) in [6, 6.07) is 4.65. The molecule has 0 aromatic heterocycles. The van der Waals surface area contributed by atoms with Crippen molar-refractivity contribution in [2.75, 3.05) is 31.2 Å². The molecule has 6 heteroatoms. The van der Waals surface area contributed by atoms with E-state index in [1.165, 1.54) is 6.07 Å². The summed E-state index contributed by atoms with van der Waals surface area (Å²) in [5.41, 5.74) is 1.13. The number of aliphatic hydroxyl groups is 1. The topological polar surface area (TPSA) is 57.6 Å². The molecule has 0 amide bonds. The maximum Gasteiger partial charge on any atom is 0.152 e. The SMILES string of the molecule is O=S1(=O)CCN(Cc2ccc(F)c(C#CCO)c2)CC1. The van der Waals surface area contributed by atoms with Gasteiger partial charge in [0.1, 0.15) is 12.4 Å². The van der Waals surface area contributed by atoms with Crippen LogP contribution in [0.25, 0.3) is 0 Å². The van der Waals surface area contributed by atoms with Gasteiger partial charge < -0.3 is 5.11 Å². The van der Waals surface area contributed by atoms with Crippen LogP contribution in [0.4, 0.5) is 4.39 Å². The Kier molecular flexibility index (Phi) is 4.76. The summed E-state index contributed by atoms with van der Waals surface area (Å²) in [7, 11) is -2.89. The summed E-state index contributed by atoms with van der Waals surface area (Å²) in [5.74, 6) is 4.91. The summed E-state index contributed by atoms with van der Waals surface area (Å²) < 4.78 is 36.2. The summed E-state index contributed by atoms with van der Waals surface area (Å²) in [4.78, 5) is 2.03. The van der Waals surface area contributed by atoms with E-state index in [1.54, 1.807) is 12.1 Å². The van der Waals surface area contributed by atoms with Crippen LogP contribution >= 0.6 is 0 Å². The second-order valence-electron chi connectivity index (χ2n) is 4.70. The fourth-order valence-electron chi connectivity index (χ4n) is 2.07. The lowest BCUT2D eigenvalue weighted by Crippen LogP contribution is -2.39. The van der Waals surface area contributed by atoms with Crippen molar-refractivity contribution in [3.63, 3.8) is 0 Å². The Labute approximate surface area is 118 Å². The van der Waals surface area contributed by atoms with E-state index < -0.39 is 15.7 Å². The van der Waals surface area contributed by atoms with Gasteiger partial charge in [0, 0.05) is 19.6 Å². The molecule has 0 saturated carbocycles. The molecular formula is C14H16FNO3S. The highest BCUT2D eigenvalue weighted by Gasteiger charge is 2.21. The fourth-order valence-corrected chi connectivity index (χ4v) is 3.34. The van der Waals surface area contributed by atoms with Gasteiger partial charge in [0.15, 0.2) is 9.84 Å². The zero-order valence-corrected chi connectivity index (χ0v) is 11.8. The molecule has 1 saturated heterocycles. The van der Waals surface area contributed by atoms with Crippen LogP contribution in [-0.2, 0) is 16.4 Å². The third-order valence-electron chi connectivity index (χ3n) is 3.18. The molecule has 0 radical (unpaired) electrons. The van der Waals surface area contributed by atoms with Crippen LogP contribution in [0.2, 0.25) is 0 Å². The van der Waals surface area contributed by atoms with E-state index in [1.807, 2.05) is 4.90 Å². The molecule has 2 rings (SSSR count). The quantitative estimate of drug-likeness (QED) is 0.803. The van der Waals surface area contributed by atoms with Crippen molar-refractivity contribution in [1.29, 1.82) is 0 Å². The molecule has 1 heterocycles. The van der Waals surface area contributed by atoms with Crippen LogP contribution in [0.15, 0.2) is 18.2 Å². The van der Waals surface area contributed by atoms with Gasteiger partial charge in [0.05, 0.1) is 17.1 Å².